The molecule has 8 heteroatoms. The van der Waals surface area contributed by atoms with Crippen LogP contribution in [-0.2, 0) is 6.54 Å². The van der Waals surface area contributed by atoms with E-state index < -0.39 is 0 Å². The molecule has 0 aliphatic heterocycles. The fourth-order valence-corrected chi connectivity index (χ4v) is 1.63. The Hall–Kier alpha value is -1.96. The van der Waals surface area contributed by atoms with E-state index in [2.05, 4.69) is 41.9 Å². The number of H-pyrrole nitrogens is 1. The van der Waals surface area contributed by atoms with Crippen LogP contribution in [0.5, 0.6) is 0 Å². The number of aromatic nitrogens is 4. The van der Waals surface area contributed by atoms with Gasteiger partial charge in [-0.2, -0.15) is 5.21 Å². The number of nitrogen functional groups attached to an aromatic ring is 1. The Balaban J connectivity index is 2.04. The lowest BCUT2D eigenvalue weighted by atomic mass is 10.1. The number of nitrogens with one attached hydrogen (secondary N) is 2. The highest BCUT2D eigenvalue weighted by Gasteiger charge is 2.10. The normalized spacial score (nSPS) is 10.2. The van der Waals surface area contributed by atoms with Gasteiger partial charge in [-0.25, -0.2) is 0 Å². The van der Waals surface area contributed by atoms with Crippen molar-refractivity contribution in [3.05, 3.63) is 34.1 Å². The summed E-state index contributed by atoms with van der Waals surface area (Å²) in [5.41, 5.74) is 6.55. The SMILES string of the molecule is Nc1cc(Br)ccc1C(=O)NCc1nn[nH]n1. The van der Waals surface area contributed by atoms with Crippen molar-refractivity contribution < 1.29 is 4.79 Å². The number of carbonyl (C=O) groups excluding carboxylic acids is 1. The van der Waals surface area contributed by atoms with Gasteiger partial charge in [0.15, 0.2) is 5.82 Å². The van der Waals surface area contributed by atoms with Gasteiger partial charge in [0.05, 0.1) is 12.1 Å². The second kappa shape index (κ2) is 4.91. The molecular weight excluding hydrogens is 288 g/mol. The Labute approximate surface area is 105 Å². The zero-order valence-electron chi connectivity index (χ0n) is 8.64. The third-order valence-electron chi connectivity index (χ3n) is 2.05. The standard InChI is InChI=1S/C9H9BrN6O/c10-5-1-2-6(7(11)3-5)9(17)12-4-8-13-15-16-14-8/h1-3H,4,11H2,(H,12,17)(H,13,14,15,16). The molecule has 17 heavy (non-hydrogen) atoms. The molecule has 1 aromatic carbocycles. The second-order valence-corrected chi connectivity index (χ2v) is 4.16. The Kier molecular flexibility index (Phi) is 3.33. The predicted molar refractivity (Wildman–Crippen MR) is 63.9 cm³/mol. The number of benzene rings is 1. The van der Waals surface area contributed by atoms with E-state index in [4.69, 9.17) is 5.73 Å². The molecular formula is C9H9BrN6O. The zero-order chi connectivity index (χ0) is 12.3. The first kappa shape index (κ1) is 11.5. The van der Waals surface area contributed by atoms with Crippen molar-refractivity contribution >= 4 is 27.5 Å². The van der Waals surface area contributed by atoms with Gasteiger partial charge >= 0.3 is 0 Å². The molecule has 0 bridgehead atoms. The minimum absolute atomic E-state index is 0.199. The van der Waals surface area contributed by atoms with Gasteiger partial charge in [0.2, 0.25) is 0 Å². The van der Waals surface area contributed by atoms with Gasteiger partial charge in [0, 0.05) is 10.2 Å². The quantitative estimate of drug-likeness (QED) is 0.714. The summed E-state index contributed by atoms with van der Waals surface area (Å²) in [5, 5.41) is 15.8. The summed E-state index contributed by atoms with van der Waals surface area (Å²) in [5.74, 6) is 0.133. The highest BCUT2D eigenvalue weighted by atomic mass is 79.9. The van der Waals surface area contributed by atoms with Gasteiger partial charge in [-0.3, -0.25) is 4.79 Å². The fourth-order valence-electron chi connectivity index (χ4n) is 1.25. The maximum Gasteiger partial charge on any atom is 0.253 e. The summed E-state index contributed by atoms with van der Waals surface area (Å²) >= 11 is 3.27. The van der Waals surface area contributed by atoms with Crippen LogP contribution in [0.3, 0.4) is 0 Å². The van der Waals surface area contributed by atoms with E-state index >= 15 is 0 Å². The van der Waals surface area contributed by atoms with Gasteiger partial charge in [-0.05, 0) is 18.2 Å². The monoisotopic (exact) mass is 296 g/mol. The summed E-state index contributed by atoms with van der Waals surface area (Å²) < 4.78 is 0.824. The third-order valence-corrected chi connectivity index (χ3v) is 2.55. The van der Waals surface area contributed by atoms with Crippen LogP contribution in [0.25, 0.3) is 0 Å². The summed E-state index contributed by atoms with van der Waals surface area (Å²) in [6, 6.07) is 5.06. The topological polar surface area (TPSA) is 110 Å². The molecule has 2 rings (SSSR count). The molecule has 88 valence electrons. The van der Waals surface area contributed by atoms with E-state index in [9.17, 15) is 4.79 Å². The van der Waals surface area contributed by atoms with Crippen molar-refractivity contribution in [2.45, 2.75) is 6.54 Å². The van der Waals surface area contributed by atoms with Crippen LogP contribution in [0.4, 0.5) is 5.69 Å². The zero-order valence-corrected chi connectivity index (χ0v) is 10.2. The van der Waals surface area contributed by atoms with Crippen molar-refractivity contribution in [2.24, 2.45) is 0 Å². The summed E-state index contributed by atoms with van der Waals surface area (Å²) in [4.78, 5) is 11.8. The van der Waals surface area contributed by atoms with Crippen molar-refractivity contribution in [3.8, 4) is 0 Å². The molecule has 0 radical (unpaired) electrons. The average molecular weight is 297 g/mol. The number of amides is 1. The highest BCUT2D eigenvalue weighted by molar-refractivity contribution is 9.10. The summed E-state index contributed by atoms with van der Waals surface area (Å²) in [6.45, 7) is 0.199. The minimum atomic E-state index is -0.278. The number of hydrogen-bond donors (Lipinski definition) is 3. The smallest absolute Gasteiger partial charge is 0.253 e. The van der Waals surface area contributed by atoms with Crippen molar-refractivity contribution in [2.75, 3.05) is 5.73 Å². The molecule has 7 nitrogen and oxygen atoms in total. The molecule has 0 aliphatic carbocycles. The van der Waals surface area contributed by atoms with Gasteiger partial charge in [0.1, 0.15) is 0 Å². The summed E-state index contributed by atoms with van der Waals surface area (Å²) in [6.07, 6.45) is 0. The first-order chi connectivity index (χ1) is 8.16. The van der Waals surface area contributed by atoms with E-state index in [0.29, 0.717) is 17.1 Å². The number of aromatic amines is 1. The van der Waals surface area contributed by atoms with Gasteiger partial charge in [-0.1, -0.05) is 21.1 Å². The van der Waals surface area contributed by atoms with Crippen molar-refractivity contribution in [3.63, 3.8) is 0 Å². The first-order valence-electron chi connectivity index (χ1n) is 4.72. The second-order valence-electron chi connectivity index (χ2n) is 3.24. The Morgan fingerprint density at radius 3 is 3.00 bits per heavy atom. The first-order valence-corrected chi connectivity index (χ1v) is 5.51. The maximum atomic E-state index is 11.8. The van der Waals surface area contributed by atoms with Gasteiger partial charge < -0.3 is 11.1 Å². The van der Waals surface area contributed by atoms with E-state index in [0.717, 1.165) is 4.47 Å². The number of carbonyl (C=O) groups is 1. The Bertz CT molecular complexity index is 526. The molecule has 1 amide bonds. The summed E-state index contributed by atoms with van der Waals surface area (Å²) in [7, 11) is 0. The molecule has 2 aromatic rings. The Morgan fingerprint density at radius 2 is 2.35 bits per heavy atom. The lowest BCUT2D eigenvalue weighted by Crippen LogP contribution is -2.24. The Morgan fingerprint density at radius 1 is 1.53 bits per heavy atom. The molecule has 0 saturated carbocycles. The van der Waals surface area contributed by atoms with Crippen LogP contribution in [0, 0.1) is 0 Å². The molecule has 1 heterocycles. The van der Waals surface area contributed by atoms with Crippen molar-refractivity contribution in [1.82, 2.24) is 25.9 Å². The minimum Gasteiger partial charge on any atom is -0.398 e. The van der Waals surface area contributed by atoms with Crippen LogP contribution in [0.1, 0.15) is 16.2 Å². The lowest BCUT2D eigenvalue weighted by Gasteiger charge is -2.05. The van der Waals surface area contributed by atoms with Crippen molar-refractivity contribution in [1.29, 1.82) is 0 Å². The number of hydrogen-bond acceptors (Lipinski definition) is 5. The van der Waals surface area contributed by atoms with E-state index in [1.807, 2.05) is 0 Å². The molecule has 0 fully saturated rings. The maximum absolute atomic E-state index is 11.8. The third kappa shape index (κ3) is 2.78. The largest absolute Gasteiger partial charge is 0.398 e. The van der Waals surface area contributed by atoms with E-state index in [-0.39, 0.29) is 12.5 Å². The molecule has 0 aliphatic rings. The molecule has 1 aromatic heterocycles. The number of rotatable bonds is 3. The van der Waals surface area contributed by atoms with Crippen LogP contribution >= 0.6 is 15.9 Å². The molecule has 0 spiro atoms. The number of anilines is 1. The molecule has 0 unspecified atom stereocenters. The van der Waals surface area contributed by atoms with E-state index in [1.54, 1.807) is 18.2 Å². The van der Waals surface area contributed by atoms with Crippen LogP contribution < -0.4 is 11.1 Å². The molecule has 0 saturated heterocycles. The van der Waals surface area contributed by atoms with Crippen LogP contribution in [0.2, 0.25) is 0 Å². The molecule has 0 atom stereocenters. The number of nitrogens with zero attached hydrogens (tertiary/aromatic N) is 3. The lowest BCUT2D eigenvalue weighted by molar-refractivity contribution is 0.0951. The fraction of sp³-hybridized carbons (Fsp3) is 0.111. The van der Waals surface area contributed by atoms with E-state index in [1.165, 1.54) is 0 Å². The van der Waals surface area contributed by atoms with Crippen LogP contribution in [0.15, 0.2) is 22.7 Å². The van der Waals surface area contributed by atoms with Crippen LogP contribution in [-0.4, -0.2) is 26.5 Å². The number of halogens is 1. The van der Waals surface area contributed by atoms with Gasteiger partial charge in [0.25, 0.3) is 5.91 Å². The molecule has 4 N–H and O–H groups in total. The number of nitrogens with two attached hydrogens (primary N) is 1. The van der Waals surface area contributed by atoms with Gasteiger partial charge in [-0.15, -0.1) is 10.2 Å². The number of tetrazole rings is 1. The predicted octanol–water partition coefficient (Wildman–Crippen LogP) is 0.474. The average Bonchev–Trinajstić information content (AvgIpc) is 2.78. The highest BCUT2D eigenvalue weighted by Crippen LogP contribution is 2.18.